The molecule has 0 radical (unpaired) electrons. The molecular weight excluding hydrogens is 378 g/mol. The highest BCUT2D eigenvalue weighted by atomic mass is 16.5. The maximum absolute atomic E-state index is 13.1. The predicted molar refractivity (Wildman–Crippen MR) is 119 cm³/mol. The molecule has 2 heterocycles. The maximum Gasteiger partial charge on any atom is 0.234 e. The van der Waals surface area contributed by atoms with E-state index in [1.165, 1.54) is 12.8 Å². The van der Waals surface area contributed by atoms with Crippen LogP contribution in [-0.2, 0) is 11.3 Å². The van der Waals surface area contributed by atoms with Crippen LogP contribution in [0.1, 0.15) is 45.1 Å². The van der Waals surface area contributed by atoms with Crippen LogP contribution in [-0.4, -0.2) is 42.6 Å². The van der Waals surface area contributed by atoms with E-state index in [0.717, 1.165) is 35.7 Å². The fraction of sp³-hybridized carbons (Fsp3) is 0.522. The van der Waals surface area contributed by atoms with E-state index in [-0.39, 0.29) is 5.91 Å². The molecule has 7 nitrogen and oxygen atoms in total. The third-order valence-corrected chi connectivity index (χ3v) is 6.23. The van der Waals surface area contributed by atoms with E-state index in [0.29, 0.717) is 25.1 Å². The van der Waals surface area contributed by atoms with Crippen LogP contribution < -0.4 is 19.9 Å². The second kappa shape index (κ2) is 8.13. The van der Waals surface area contributed by atoms with Gasteiger partial charge in [-0.25, -0.2) is 4.98 Å². The Bertz CT molecular complexity index is 924. The first-order chi connectivity index (χ1) is 14.4. The minimum absolute atomic E-state index is 0.0996. The number of carbonyl (C=O) groups excluding carboxylic acids is 1. The van der Waals surface area contributed by atoms with Gasteiger partial charge >= 0.3 is 0 Å². The second-order valence-electron chi connectivity index (χ2n) is 8.88. The molecule has 2 aromatic rings. The largest absolute Gasteiger partial charge is 0.496 e. The first-order valence-corrected chi connectivity index (χ1v) is 10.7. The molecule has 7 heteroatoms. The predicted octanol–water partition coefficient (Wildman–Crippen LogP) is 3.85. The fourth-order valence-corrected chi connectivity index (χ4v) is 4.57. The second-order valence-corrected chi connectivity index (χ2v) is 8.88. The van der Waals surface area contributed by atoms with Crippen molar-refractivity contribution in [2.24, 2.45) is 5.41 Å². The summed E-state index contributed by atoms with van der Waals surface area (Å²) in [4.78, 5) is 26.5. The zero-order valence-electron chi connectivity index (χ0n) is 18.3. The quantitative estimate of drug-likeness (QED) is 0.809. The molecule has 4 rings (SSSR count). The van der Waals surface area contributed by atoms with Crippen molar-refractivity contribution in [3.05, 3.63) is 36.0 Å². The Kier molecular flexibility index (Phi) is 5.54. The highest BCUT2D eigenvalue weighted by Gasteiger charge is 2.41. The summed E-state index contributed by atoms with van der Waals surface area (Å²) in [5.74, 6) is 2.34. The van der Waals surface area contributed by atoms with Gasteiger partial charge in [0, 0.05) is 31.7 Å². The number of methoxy groups -OCH3 is 1. The molecule has 1 fully saturated rings. The van der Waals surface area contributed by atoms with Gasteiger partial charge in [-0.2, -0.15) is 4.98 Å². The van der Waals surface area contributed by atoms with Crippen LogP contribution in [0.3, 0.4) is 0 Å². The molecule has 1 amide bonds. The summed E-state index contributed by atoms with van der Waals surface area (Å²) >= 11 is 0. The first-order valence-electron chi connectivity index (χ1n) is 10.7. The van der Waals surface area contributed by atoms with Gasteiger partial charge in [0.2, 0.25) is 11.9 Å². The summed E-state index contributed by atoms with van der Waals surface area (Å²) in [6, 6.07) is 8.32. The van der Waals surface area contributed by atoms with Gasteiger partial charge in [-0.05, 0) is 32.8 Å². The molecule has 0 unspecified atom stereocenters. The number of hydrogen-bond donors (Lipinski definition) is 1. The SMILES string of the molecule is COc1ccccc1CNc1ncc2c(n1)N(C1CCCC1)CC(C)(C)C(=O)N2C. The van der Waals surface area contributed by atoms with Crippen molar-refractivity contribution in [3.63, 3.8) is 0 Å². The molecule has 1 aromatic heterocycles. The Morgan fingerprint density at radius 3 is 2.70 bits per heavy atom. The minimum Gasteiger partial charge on any atom is -0.496 e. The molecule has 1 aliphatic carbocycles. The van der Waals surface area contributed by atoms with E-state index in [4.69, 9.17) is 9.72 Å². The summed E-state index contributed by atoms with van der Waals surface area (Å²) in [6.45, 7) is 5.27. The van der Waals surface area contributed by atoms with Crippen molar-refractivity contribution in [1.29, 1.82) is 0 Å². The number of ether oxygens (including phenoxy) is 1. The van der Waals surface area contributed by atoms with E-state index >= 15 is 0 Å². The van der Waals surface area contributed by atoms with Crippen LogP contribution in [0.5, 0.6) is 5.75 Å². The molecule has 2 aliphatic rings. The third kappa shape index (κ3) is 3.80. The number of para-hydroxylation sites is 1. The normalized spacial score (nSPS) is 18.9. The fourth-order valence-electron chi connectivity index (χ4n) is 4.57. The van der Waals surface area contributed by atoms with Gasteiger partial charge in [-0.3, -0.25) is 4.79 Å². The number of benzene rings is 1. The minimum atomic E-state index is -0.483. The first kappa shape index (κ1) is 20.4. The molecule has 160 valence electrons. The van der Waals surface area contributed by atoms with Crippen molar-refractivity contribution >= 4 is 23.4 Å². The Labute approximate surface area is 178 Å². The van der Waals surface area contributed by atoms with Crippen molar-refractivity contribution in [2.75, 3.05) is 35.8 Å². The maximum atomic E-state index is 13.1. The van der Waals surface area contributed by atoms with E-state index in [2.05, 4.69) is 15.2 Å². The number of nitrogens with zero attached hydrogens (tertiary/aromatic N) is 4. The summed E-state index contributed by atoms with van der Waals surface area (Å²) in [6.07, 6.45) is 6.51. The van der Waals surface area contributed by atoms with Crippen LogP contribution in [0.2, 0.25) is 0 Å². The van der Waals surface area contributed by atoms with Crippen LogP contribution in [0.25, 0.3) is 0 Å². The average molecular weight is 410 g/mol. The number of anilines is 3. The molecule has 0 spiro atoms. The van der Waals surface area contributed by atoms with Gasteiger partial charge in [0.25, 0.3) is 0 Å². The smallest absolute Gasteiger partial charge is 0.234 e. The van der Waals surface area contributed by atoms with Gasteiger partial charge in [-0.1, -0.05) is 31.0 Å². The monoisotopic (exact) mass is 409 g/mol. The van der Waals surface area contributed by atoms with E-state index in [9.17, 15) is 4.79 Å². The highest BCUT2D eigenvalue weighted by Crippen LogP contribution is 2.40. The van der Waals surface area contributed by atoms with Crippen molar-refractivity contribution in [3.8, 4) is 5.75 Å². The van der Waals surface area contributed by atoms with Crippen LogP contribution in [0, 0.1) is 5.41 Å². The zero-order valence-corrected chi connectivity index (χ0v) is 18.3. The van der Waals surface area contributed by atoms with Gasteiger partial charge in [0.05, 0.1) is 18.7 Å². The molecule has 1 N–H and O–H groups in total. The molecule has 30 heavy (non-hydrogen) atoms. The van der Waals surface area contributed by atoms with Crippen molar-refractivity contribution in [1.82, 2.24) is 9.97 Å². The highest BCUT2D eigenvalue weighted by molar-refractivity contribution is 6.00. The van der Waals surface area contributed by atoms with Gasteiger partial charge in [-0.15, -0.1) is 0 Å². The van der Waals surface area contributed by atoms with Crippen LogP contribution in [0.15, 0.2) is 30.5 Å². The van der Waals surface area contributed by atoms with Gasteiger partial charge < -0.3 is 19.9 Å². The lowest BCUT2D eigenvalue weighted by atomic mass is 9.91. The van der Waals surface area contributed by atoms with E-state index in [1.54, 1.807) is 18.2 Å². The number of rotatable bonds is 5. The molecule has 1 aliphatic heterocycles. The average Bonchev–Trinajstić information content (AvgIpc) is 3.27. The number of aromatic nitrogens is 2. The Morgan fingerprint density at radius 2 is 1.97 bits per heavy atom. The standard InChI is InChI=1S/C23H31N5O2/c1-23(2)15-28(17-10-6-7-11-17)20-18(27(3)21(23)29)14-25-22(26-20)24-13-16-9-5-8-12-19(16)30-4/h5,8-9,12,14,17H,6-7,10-11,13,15H2,1-4H3,(H,24,25,26). The summed E-state index contributed by atoms with van der Waals surface area (Å²) in [5, 5.41) is 3.33. The van der Waals surface area contributed by atoms with Gasteiger partial charge in [0.15, 0.2) is 5.82 Å². The number of nitrogens with one attached hydrogen (secondary N) is 1. The Balaban J connectivity index is 1.66. The van der Waals surface area contributed by atoms with Crippen molar-refractivity contribution < 1.29 is 9.53 Å². The van der Waals surface area contributed by atoms with Crippen LogP contribution in [0.4, 0.5) is 17.5 Å². The number of carbonyl (C=O) groups is 1. The zero-order chi connectivity index (χ0) is 21.3. The molecule has 0 saturated heterocycles. The van der Waals surface area contributed by atoms with Crippen molar-refractivity contribution in [2.45, 2.75) is 52.1 Å². The van der Waals surface area contributed by atoms with E-state index in [1.807, 2.05) is 45.2 Å². The Hall–Kier alpha value is -2.83. The molecule has 0 bridgehead atoms. The summed E-state index contributed by atoms with van der Waals surface area (Å²) in [5.41, 5.74) is 1.34. The lowest BCUT2D eigenvalue weighted by Gasteiger charge is -2.34. The number of amides is 1. The van der Waals surface area contributed by atoms with E-state index < -0.39 is 5.41 Å². The molecule has 1 saturated carbocycles. The number of fused-ring (bicyclic) bond motifs is 1. The topological polar surface area (TPSA) is 70.6 Å². The van der Waals surface area contributed by atoms with Crippen LogP contribution >= 0.6 is 0 Å². The number of hydrogen-bond acceptors (Lipinski definition) is 6. The molecule has 1 aromatic carbocycles. The molecule has 0 atom stereocenters. The van der Waals surface area contributed by atoms with Gasteiger partial charge in [0.1, 0.15) is 11.4 Å². The lowest BCUT2D eigenvalue weighted by molar-refractivity contribution is -0.125. The summed E-state index contributed by atoms with van der Waals surface area (Å²) in [7, 11) is 3.50. The third-order valence-electron chi connectivity index (χ3n) is 6.23. The molecular formula is C23H31N5O2. The Morgan fingerprint density at radius 1 is 1.23 bits per heavy atom. The summed E-state index contributed by atoms with van der Waals surface area (Å²) < 4.78 is 5.44. The lowest BCUT2D eigenvalue weighted by Crippen LogP contribution is -2.45.